The Balaban J connectivity index is 2.42. The van der Waals surface area contributed by atoms with Gasteiger partial charge in [-0.2, -0.15) is 0 Å². The molecule has 78 valence electrons. The second kappa shape index (κ2) is 3.77. The molecule has 1 aliphatic heterocycles. The maximum absolute atomic E-state index is 11.5. The first-order chi connectivity index (χ1) is 7.09. The highest BCUT2D eigenvalue weighted by molar-refractivity contribution is 9.10. The van der Waals surface area contributed by atoms with E-state index in [0.29, 0.717) is 13.0 Å². The molecule has 2 rings (SSSR count). The van der Waals surface area contributed by atoms with Crippen molar-refractivity contribution in [3.63, 3.8) is 0 Å². The molecule has 0 N–H and O–H groups in total. The summed E-state index contributed by atoms with van der Waals surface area (Å²) in [7, 11) is 0. The van der Waals surface area contributed by atoms with Crippen LogP contribution in [0, 0.1) is 6.92 Å². The number of Topliss-reactive ketones (excluding diaryl/α,β-unsaturated/α-hetero) is 1. The van der Waals surface area contributed by atoms with E-state index in [1.54, 1.807) is 0 Å². The second-order valence-electron chi connectivity index (χ2n) is 3.58. The maximum Gasteiger partial charge on any atom is 0.294 e. The van der Waals surface area contributed by atoms with Crippen molar-refractivity contribution >= 4 is 33.3 Å². The van der Waals surface area contributed by atoms with Crippen molar-refractivity contribution in [1.29, 1.82) is 0 Å². The van der Waals surface area contributed by atoms with Crippen LogP contribution in [0.4, 0.5) is 5.69 Å². The van der Waals surface area contributed by atoms with Gasteiger partial charge in [-0.05, 0) is 40.5 Å². The molecule has 0 atom stereocenters. The van der Waals surface area contributed by atoms with Crippen molar-refractivity contribution in [1.82, 2.24) is 0 Å². The normalized spacial score (nSPS) is 16.3. The Morgan fingerprint density at radius 3 is 2.67 bits per heavy atom. The quantitative estimate of drug-likeness (QED) is 0.731. The Morgan fingerprint density at radius 1 is 1.33 bits per heavy atom. The number of carbonyl (C=O) groups excluding carboxylic acids is 2. The van der Waals surface area contributed by atoms with Crippen LogP contribution in [0.5, 0.6) is 0 Å². The van der Waals surface area contributed by atoms with Gasteiger partial charge in [0.2, 0.25) is 5.78 Å². The summed E-state index contributed by atoms with van der Waals surface area (Å²) in [6.07, 6.45) is 0.319. The lowest BCUT2D eigenvalue weighted by Gasteiger charge is -2.16. The molecule has 0 aromatic heterocycles. The topological polar surface area (TPSA) is 37.4 Å². The molecule has 1 saturated heterocycles. The van der Waals surface area contributed by atoms with Gasteiger partial charge in [0.15, 0.2) is 0 Å². The van der Waals surface area contributed by atoms with Crippen molar-refractivity contribution in [3.8, 4) is 0 Å². The third kappa shape index (κ3) is 1.81. The molecule has 0 saturated carbocycles. The van der Waals surface area contributed by atoms with Gasteiger partial charge in [0.25, 0.3) is 5.91 Å². The Labute approximate surface area is 96.2 Å². The summed E-state index contributed by atoms with van der Waals surface area (Å²) in [6, 6.07) is 5.75. The predicted molar refractivity (Wildman–Crippen MR) is 60.9 cm³/mol. The summed E-state index contributed by atoms with van der Waals surface area (Å²) in [5.74, 6) is -0.704. The first-order valence-corrected chi connectivity index (χ1v) is 5.50. The van der Waals surface area contributed by atoms with Crippen LogP contribution in [-0.4, -0.2) is 18.2 Å². The van der Waals surface area contributed by atoms with Crippen LogP contribution in [-0.2, 0) is 9.59 Å². The smallest absolute Gasteiger partial charge is 0.294 e. The molecule has 0 aliphatic carbocycles. The molecule has 3 nitrogen and oxygen atoms in total. The van der Waals surface area contributed by atoms with Crippen LogP contribution in [0.25, 0.3) is 0 Å². The summed E-state index contributed by atoms with van der Waals surface area (Å²) < 4.78 is 0.844. The molecule has 1 aliphatic rings. The van der Waals surface area contributed by atoms with Crippen LogP contribution < -0.4 is 4.90 Å². The first kappa shape index (κ1) is 10.4. The maximum atomic E-state index is 11.5. The lowest BCUT2D eigenvalue weighted by atomic mass is 10.2. The fourth-order valence-corrected chi connectivity index (χ4v) is 2.09. The average Bonchev–Trinajstić information content (AvgIpc) is 2.52. The standard InChI is InChI=1S/C11H10BrNO2/c1-7-2-3-8(12)9(6-7)13-5-4-10(14)11(13)15/h2-3,6H,4-5H2,1H3. The van der Waals surface area contributed by atoms with Gasteiger partial charge in [0.05, 0.1) is 5.69 Å². The minimum absolute atomic E-state index is 0.302. The summed E-state index contributed by atoms with van der Waals surface area (Å²) in [4.78, 5) is 24.2. The SMILES string of the molecule is Cc1ccc(Br)c(N2CCC(=O)C2=O)c1. The number of benzene rings is 1. The highest BCUT2D eigenvalue weighted by Crippen LogP contribution is 2.29. The zero-order valence-electron chi connectivity index (χ0n) is 8.29. The third-order valence-electron chi connectivity index (χ3n) is 2.44. The number of anilines is 1. The van der Waals surface area contributed by atoms with E-state index in [9.17, 15) is 9.59 Å². The van der Waals surface area contributed by atoms with Crippen LogP contribution in [0.2, 0.25) is 0 Å². The molecule has 4 heteroatoms. The molecule has 0 radical (unpaired) electrons. The van der Waals surface area contributed by atoms with Crippen LogP contribution in [0.15, 0.2) is 22.7 Å². The summed E-state index contributed by atoms with van der Waals surface area (Å²) in [5, 5.41) is 0. The summed E-state index contributed by atoms with van der Waals surface area (Å²) >= 11 is 3.38. The number of amides is 1. The number of carbonyl (C=O) groups is 2. The number of halogens is 1. The van der Waals surface area contributed by atoms with Gasteiger partial charge in [-0.3, -0.25) is 9.59 Å². The van der Waals surface area contributed by atoms with Crippen molar-refractivity contribution in [3.05, 3.63) is 28.2 Å². The minimum Gasteiger partial charge on any atom is -0.304 e. The predicted octanol–water partition coefficient (Wildman–Crippen LogP) is 2.06. The zero-order valence-corrected chi connectivity index (χ0v) is 9.87. The molecule has 0 spiro atoms. The average molecular weight is 268 g/mol. The number of aryl methyl sites for hydroxylation is 1. The molecule has 1 amide bonds. The highest BCUT2D eigenvalue weighted by Gasteiger charge is 2.31. The van der Waals surface area contributed by atoms with Crippen molar-refractivity contribution in [2.45, 2.75) is 13.3 Å². The van der Waals surface area contributed by atoms with Crippen molar-refractivity contribution in [2.75, 3.05) is 11.4 Å². The third-order valence-corrected chi connectivity index (χ3v) is 3.11. The van der Waals surface area contributed by atoms with E-state index in [-0.39, 0.29) is 5.78 Å². The number of hydrogen-bond donors (Lipinski definition) is 0. The van der Waals surface area contributed by atoms with Gasteiger partial charge < -0.3 is 4.90 Å². The Hall–Kier alpha value is -1.16. The van der Waals surface area contributed by atoms with E-state index in [2.05, 4.69) is 15.9 Å². The zero-order chi connectivity index (χ0) is 11.0. The van der Waals surface area contributed by atoms with E-state index in [1.807, 2.05) is 25.1 Å². The van der Waals surface area contributed by atoms with Gasteiger partial charge in [-0.1, -0.05) is 6.07 Å². The fraction of sp³-hybridized carbons (Fsp3) is 0.273. The van der Waals surface area contributed by atoms with Crippen molar-refractivity contribution in [2.24, 2.45) is 0 Å². The molecule has 1 aromatic carbocycles. The Morgan fingerprint density at radius 2 is 2.07 bits per heavy atom. The van der Waals surface area contributed by atoms with Crippen LogP contribution in [0.1, 0.15) is 12.0 Å². The van der Waals surface area contributed by atoms with Gasteiger partial charge in [-0.15, -0.1) is 0 Å². The van der Waals surface area contributed by atoms with Gasteiger partial charge in [0, 0.05) is 17.4 Å². The number of hydrogen-bond acceptors (Lipinski definition) is 2. The molecule has 0 bridgehead atoms. The molecule has 15 heavy (non-hydrogen) atoms. The molecule has 1 heterocycles. The van der Waals surface area contributed by atoms with Crippen LogP contribution in [0.3, 0.4) is 0 Å². The fourth-order valence-electron chi connectivity index (χ4n) is 1.63. The van der Waals surface area contributed by atoms with Crippen molar-refractivity contribution < 1.29 is 9.59 Å². The summed E-state index contributed by atoms with van der Waals surface area (Å²) in [5.41, 5.74) is 1.85. The van der Waals surface area contributed by atoms with E-state index in [1.165, 1.54) is 4.90 Å². The minimum atomic E-state index is -0.402. The molecular weight excluding hydrogens is 258 g/mol. The van der Waals surface area contributed by atoms with E-state index < -0.39 is 5.91 Å². The number of ketones is 1. The molecular formula is C11H10BrNO2. The van der Waals surface area contributed by atoms with E-state index in [0.717, 1.165) is 15.7 Å². The van der Waals surface area contributed by atoms with Crippen LogP contribution >= 0.6 is 15.9 Å². The summed E-state index contributed by atoms with van der Waals surface area (Å²) in [6.45, 7) is 2.44. The van der Waals surface area contributed by atoms with E-state index in [4.69, 9.17) is 0 Å². The Bertz CT molecular complexity index is 442. The monoisotopic (exact) mass is 267 g/mol. The number of rotatable bonds is 1. The first-order valence-electron chi connectivity index (χ1n) is 4.70. The largest absolute Gasteiger partial charge is 0.304 e. The van der Waals surface area contributed by atoms with Gasteiger partial charge in [0.1, 0.15) is 0 Å². The second-order valence-corrected chi connectivity index (χ2v) is 4.44. The van der Waals surface area contributed by atoms with E-state index >= 15 is 0 Å². The Kier molecular flexibility index (Phi) is 2.61. The number of nitrogens with zero attached hydrogens (tertiary/aromatic N) is 1. The van der Waals surface area contributed by atoms with Gasteiger partial charge >= 0.3 is 0 Å². The lowest BCUT2D eigenvalue weighted by Crippen LogP contribution is -2.27. The molecule has 0 unspecified atom stereocenters. The highest BCUT2D eigenvalue weighted by atomic mass is 79.9. The molecule has 1 aromatic rings. The lowest BCUT2D eigenvalue weighted by molar-refractivity contribution is -0.133. The molecule has 1 fully saturated rings. The van der Waals surface area contributed by atoms with Gasteiger partial charge in [-0.25, -0.2) is 0 Å².